The van der Waals surface area contributed by atoms with Gasteiger partial charge in [-0.15, -0.1) is 0 Å². The minimum atomic E-state index is 0.0725. The van der Waals surface area contributed by atoms with Crippen molar-refractivity contribution in [1.29, 1.82) is 0 Å². The third-order valence-corrected chi connectivity index (χ3v) is 3.56. The first-order valence-electron chi connectivity index (χ1n) is 6.50. The van der Waals surface area contributed by atoms with Crippen molar-refractivity contribution in [3.05, 3.63) is 0 Å². The van der Waals surface area contributed by atoms with E-state index in [4.69, 9.17) is 4.74 Å². The van der Waals surface area contributed by atoms with Crippen LogP contribution in [0.3, 0.4) is 0 Å². The number of carbonyl (C=O) groups excluding carboxylic acids is 1. The molecule has 2 saturated heterocycles. The van der Waals surface area contributed by atoms with E-state index in [0.29, 0.717) is 6.61 Å². The predicted octanol–water partition coefficient (Wildman–Crippen LogP) is 0.511. The van der Waals surface area contributed by atoms with Gasteiger partial charge in [-0.3, -0.25) is 0 Å². The van der Waals surface area contributed by atoms with Gasteiger partial charge in [-0.2, -0.15) is 0 Å². The Morgan fingerprint density at radius 2 is 2.24 bits per heavy atom. The fraction of sp³-hybridized carbons (Fsp3) is 0.917. The number of hydrogen-bond donors (Lipinski definition) is 1. The lowest BCUT2D eigenvalue weighted by Crippen LogP contribution is -2.50. The summed E-state index contributed by atoms with van der Waals surface area (Å²) in [5.41, 5.74) is 0. The van der Waals surface area contributed by atoms with E-state index < -0.39 is 0 Å². The summed E-state index contributed by atoms with van der Waals surface area (Å²) in [6.45, 7) is 6.42. The van der Waals surface area contributed by atoms with Gasteiger partial charge in [0.1, 0.15) is 0 Å². The van der Waals surface area contributed by atoms with E-state index in [1.807, 2.05) is 4.90 Å². The summed E-state index contributed by atoms with van der Waals surface area (Å²) in [7, 11) is 2.11. The molecule has 5 nitrogen and oxygen atoms in total. The van der Waals surface area contributed by atoms with Crippen LogP contribution in [-0.2, 0) is 4.74 Å². The molecule has 0 spiro atoms. The summed E-state index contributed by atoms with van der Waals surface area (Å²) < 4.78 is 5.27. The first-order chi connectivity index (χ1) is 8.16. The fourth-order valence-electron chi connectivity index (χ4n) is 2.58. The number of urea groups is 1. The van der Waals surface area contributed by atoms with Crippen molar-refractivity contribution >= 4 is 6.03 Å². The topological polar surface area (TPSA) is 44.8 Å². The second kappa shape index (κ2) is 5.69. The molecule has 5 heteroatoms. The van der Waals surface area contributed by atoms with E-state index in [2.05, 4.69) is 24.2 Å². The van der Waals surface area contributed by atoms with Crippen molar-refractivity contribution in [3.8, 4) is 0 Å². The number of nitrogens with one attached hydrogen (secondary N) is 1. The van der Waals surface area contributed by atoms with Crippen LogP contribution in [0.1, 0.15) is 19.8 Å². The number of rotatable bonds is 1. The zero-order chi connectivity index (χ0) is 12.3. The molecule has 0 aliphatic carbocycles. The summed E-state index contributed by atoms with van der Waals surface area (Å²) in [5, 5.41) is 3.07. The highest BCUT2D eigenvalue weighted by atomic mass is 16.5. The van der Waals surface area contributed by atoms with Crippen LogP contribution < -0.4 is 5.32 Å². The molecule has 17 heavy (non-hydrogen) atoms. The van der Waals surface area contributed by atoms with Crippen molar-refractivity contribution in [2.45, 2.75) is 31.8 Å². The van der Waals surface area contributed by atoms with E-state index in [9.17, 15) is 4.79 Å². The van der Waals surface area contributed by atoms with Crippen LogP contribution in [0.5, 0.6) is 0 Å². The molecule has 1 N–H and O–H groups in total. The van der Waals surface area contributed by atoms with Gasteiger partial charge in [-0.1, -0.05) is 0 Å². The molecule has 0 aromatic heterocycles. The maximum atomic E-state index is 12.2. The molecule has 2 unspecified atom stereocenters. The Bertz CT molecular complexity index is 266. The molecule has 2 heterocycles. The lowest BCUT2D eigenvalue weighted by Gasteiger charge is -2.29. The van der Waals surface area contributed by atoms with Crippen LogP contribution in [-0.4, -0.2) is 67.8 Å². The van der Waals surface area contributed by atoms with Crippen molar-refractivity contribution in [3.63, 3.8) is 0 Å². The number of amides is 2. The Labute approximate surface area is 103 Å². The average molecular weight is 241 g/mol. The number of nitrogens with zero attached hydrogens (tertiary/aromatic N) is 2. The highest BCUT2D eigenvalue weighted by Crippen LogP contribution is 2.10. The molecule has 2 atom stereocenters. The normalized spacial score (nSPS) is 31.3. The molecule has 98 valence electrons. The Kier molecular flexibility index (Phi) is 4.23. The molecule has 0 aromatic rings. The zero-order valence-corrected chi connectivity index (χ0v) is 10.8. The number of carbonyl (C=O) groups is 1. The van der Waals surface area contributed by atoms with Crippen LogP contribution >= 0.6 is 0 Å². The molecular weight excluding hydrogens is 218 g/mol. The number of hydrogen-bond acceptors (Lipinski definition) is 3. The molecule has 2 aliphatic heterocycles. The van der Waals surface area contributed by atoms with Gasteiger partial charge in [0, 0.05) is 25.7 Å². The molecule has 0 saturated carbocycles. The smallest absolute Gasteiger partial charge is 0.317 e. The highest BCUT2D eigenvalue weighted by Gasteiger charge is 2.26. The van der Waals surface area contributed by atoms with E-state index in [-0.39, 0.29) is 18.1 Å². The summed E-state index contributed by atoms with van der Waals surface area (Å²) in [6.07, 6.45) is 1.99. The SMILES string of the molecule is CC1CN(C)CCCN1C(=O)NC1CCOC1. The van der Waals surface area contributed by atoms with Crippen LogP contribution in [0.2, 0.25) is 0 Å². The van der Waals surface area contributed by atoms with Crippen LogP contribution in [0, 0.1) is 0 Å². The Balaban J connectivity index is 1.88. The summed E-state index contributed by atoms with van der Waals surface area (Å²) >= 11 is 0. The molecule has 0 radical (unpaired) electrons. The van der Waals surface area contributed by atoms with Gasteiger partial charge in [0.05, 0.1) is 12.6 Å². The lowest BCUT2D eigenvalue weighted by molar-refractivity contribution is 0.166. The van der Waals surface area contributed by atoms with Gasteiger partial charge in [0.25, 0.3) is 0 Å². The molecular formula is C12H23N3O2. The minimum absolute atomic E-state index is 0.0725. The molecule has 0 aromatic carbocycles. The molecule has 2 aliphatic rings. The first-order valence-corrected chi connectivity index (χ1v) is 6.50. The third kappa shape index (κ3) is 3.33. The van der Waals surface area contributed by atoms with Crippen LogP contribution in [0.15, 0.2) is 0 Å². The van der Waals surface area contributed by atoms with Crippen molar-refractivity contribution < 1.29 is 9.53 Å². The fourth-order valence-corrected chi connectivity index (χ4v) is 2.58. The Morgan fingerprint density at radius 3 is 2.94 bits per heavy atom. The molecule has 0 bridgehead atoms. The van der Waals surface area contributed by atoms with Gasteiger partial charge >= 0.3 is 6.03 Å². The number of ether oxygens (including phenoxy) is 1. The maximum Gasteiger partial charge on any atom is 0.317 e. The van der Waals surface area contributed by atoms with Gasteiger partial charge in [-0.05, 0) is 33.4 Å². The summed E-state index contributed by atoms with van der Waals surface area (Å²) in [5.74, 6) is 0. The lowest BCUT2D eigenvalue weighted by atomic mass is 10.2. The minimum Gasteiger partial charge on any atom is -0.379 e. The quantitative estimate of drug-likeness (QED) is 0.727. The van der Waals surface area contributed by atoms with E-state index in [1.54, 1.807) is 0 Å². The Hall–Kier alpha value is -0.810. The van der Waals surface area contributed by atoms with Crippen molar-refractivity contribution in [1.82, 2.24) is 15.1 Å². The first kappa shape index (κ1) is 12.6. The van der Waals surface area contributed by atoms with Gasteiger partial charge in [0.15, 0.2) is 0 Å². The van der Waals surface area contributed by atoms with Crippen LogP contribution in [0.4, 0.5) is 4.79 Å². The highest BCUT2D eigenvalue weighted by molar-refractivity contribution is 5.75. The maximum absolute atomic E-state index is 12.2. The largest absolute Gasteiger partial charge is 0.379 e. The van der Waals surface area contributed by atoms with Crippen molar-refractivity contribution in [2.24, 2.45) is 0 Å². The third-order valence-electron chi connectivity index (χ3n) is 3.56. The second-order valence-corrected chi connectivity index (χ2v) is 5.17. The van der Waals surface area contributed by atoms with E-state index >= 15 is 0 Å². The second-order valence-electron chi connectivity index (χ2n) is 5.17. The standard InChI is InChI=1S/C12H23N3O2/c1-10-8-14(2)5-3-6-15(10)12(16)13-11-4-7-17-9-11/h10-11H,3-9H2,1-2H3,(H,13,16). The van der Waals surface area contributed by atoms with E-state index in [1.165, 1.54) is 0 Å². The molecule has 2 amide bonds. The van der Waals surface area contributed by atoms with E-state index in [0.717, 1.165) is 39.1 Å². The zero-order valence-electron chi connectivity index (χ0n) is 10.8. The molecule has 2 fully saturated rings. The average Bonchev–Trinajstić information content (AvgIpc) is 2.70. The monoisotopic (exact) mass is 241 g/mol. The van der Waals surface area contributed by atoms with Crippen molar-refractivity contribution in [2.75, 3.05) is 39.9 Å². The predicted molar refractivity (Wildman–Crippen MR) is 66.0 cm³/mol. The summed E-state index contributed by atoms with van der Waals surface area (Å²) in [4.78, 5) is 16.4. The van der Waals surface area contributed by atoms with Gasteiger partial charge in [0.2, 0.25) is 0 Å². The van der Waals surface area contributed by atoms with Gasteiger partial charge < -0.3 is 19.9 Å². The van der Waals surface area contributed by atoms with Crippen LogP contribution in [0.25, 0.3) is 0 Å². The Morgan fingerprint density at radius 1 is 1.41 bits per heavy atom. The number of likely N-dealkylation sites (N-methyl/N-ethyl adjacent to an activating group) is 1. The summed E-state index contributed by atoms with van der Waals surface area (Å²) in [6, 6.07) is 0.559. The molecule has 2 rings (SSSR count). The van der Waals surface area contributed by atoms with Gasteiger partial charge in [-0.25, -0.2) is 4.79 Å².